The van der Waals surface area contributed by atoms with E-state index in [0.29, 0.717) is 17.2 Å². The fourth-order valence-corrected chi connectivity index (χ4v) is 2.12. The zero-order valence-electron chi connectivity index (χ0n) is 9.22. The molecule has 17 heavy (non-hydrogen) atoms. The Morgan fingerprint density at radius 1 is 1.65 bits per heavy atom. The lowest BCUT2D eigenvalue weighted by molar-refractivity contribution is -0.385. The summed E-state index contributed by atoms with van der Waals surface area (Å²) < 4.78 is 0. The molecule has 0 saturated heterocycles. The van der Waals surface area contributed by atoms with Crippen molar-refractivity contribution in [2.24, 2.45) is 5.92 Å². The molecule has 0 aromatic carbocycles. The van der Waals surface area contributed by atoms with Crippen LogP contribution in [0.5, 0.6) is 0 Å². The monoisotopic (exact) mass is 254 g/mol. The summed E-state index contributed by atoms with van der Waals surface area (Å²) >= 11 is 5.92. The Kier molecular flexibility index (Phi) is 3.11. The molecule has 1 aromatic heterocycles. The second-order valence-electron chi connectivity index (χ2n) is 4.22. The van der Waals surface area contributed by atoms with E-state index in [0.717, 1.165) is 25.3 Å². The van der Waals surface area contributed by atoms with Gasteiger partial charge in [-0.2, -0.15) is 0 Å². The summed E-state index contributed by atoms with van der Waals surface area (Å²) in [5, 5.41) is 10.8. The van der Waals surface area contributed by atoms with E-state index >= 15 is 0 Å². The summed E-state index contributed by atoms with van der Waals surface area (Å²) in [4.78, 5) is 25.2. The van der Waals surface area contributed by atoms with E-state index in [1.54, 1.807) is 6.92 Å². The minimum Gasteiger partial charge on any atom is -0.303 e. The van der Waals surface area contributed by atoms with Crippen molar-refractivity contribution in [2.45, 2.75) is 25.7 Å². The van der Waals surface area contributed by atoms with Crippen LogP contribution in [0.25, 0.3) is 0 Å². The fraction of sp³-hybridized carbons (Fsp3) is 0.455. The molecule has 0 spiro atoms. The van der Waals surface area contributed by atoms with Crippen molar-refractivity contribution in [1.29, 1.82) is 0 Å². The van der Waals surface area contributed by atoms with Crippen LogP contribution in [0, 0.1) is 23.0 Å². The first-order valence-electron chi connectivity index (χ1n) is 5.31. The van der Waals surface area contributed by atoms with E-state index < -0.39 is 4.92 Å². The molecule has 5 nitrogen and oxygen atoms in total. The molecular formula is C11H11ClN2O3. The molecule has 1 heterocycles. The van der Waals surface area contributed by atoms with Crippen molar-refractivity contribution >= 4 is 23.6 Å². The Morgan fingerprint density at radius 2 is 2.29 bits per heavy atom. The van der Waals surface area contributed by atoms with Crippen LogP contribution >= 0.6 is 11.6 Å². The van der Waals surface area contributed by atoms with Gasteiger partial charge in [-0.3, -0.25) is 15.1 Å². The summed E-state index contributed by atoms with van der Waals surface area (Å²) in [7, 11) is 0. The molecule has 0 amide bonds. The minimum atomic E-state index is -0.570. The molecular weight excluding hydrogens is 244 g/mol. The van der Waals surface area contributed by atoms with Gasteiger partial charge in [0, 0.05) is 0 Å². The van der Waals surface area contributed by atoms with E-state index in [4.69, 9.17) is 11.6 Å². The van der Waals surface area contributed by atoms with Gasteiger partial charge in [0.05, 0.1) is 16.5 Å². The maximum absolute atomic E-state index is 11.1. The number of halogens is 1. The van der Waals surface area contributed by atoms with Crippen LogP contribution in [0.3, 0.4) is 0 Å². The van der Waals surface area contributed by atoms with Crippen molar-refractivity contribution in [3.8, 4) is 0 Å². The lowest BCUT2D eigenvalue weighted by Gasteiger charge is -2.12. The second-order valence-corrected chi connectivity index (χ2v) is 4.60. The van der Waals surface area contributed by atoms with E-state index in [1.807, 2.05) is 0 Å². The average molecular weight is 255 g/mol. The Labute approximate surface area is 103 Å². The minimum absolute atomic E-state index is 0.0764. The number of nitro groups is 1. The third-order valence-electron chi connectivity index (χ3n) is 3.05. The first-order chi connectivity index (χ1) is 8.06. The Hall–Kier alpha value is -1.49. The summed E-state index contributed by atoms with van der Waals surface area (Å²) in [6.45, 7) is 1.66. The van der Waals surface area contributed by atoms with Crippen LogP contribution < -0.4 is 0 Å². The smallest absolute Gasteiger partial charge is 0.303 e. The highest BCUT2D eigenvalue weighted by atomic mass is 35.5. The van der Waals surface area contributed by atoms with Gasteiger partial charge in [0.1, 0.15) is 17.5 Å². The molecule has 0 radical (unpaired) electrons. The SMILES string of the molecule is Cc1c(C(C=O)C2CC2)ncc([N+](=O)[O-])c1Cl. The predicted octanol–water partition coefficient (Wildman–Crippen LogP) is 2.64. The average Bonchev–Trinajstić information content (AvgIpc) is 3.09. The van der Waals surface area contributed by atoms with Crippen LogP contribution in [0.15, 0.2) is 6.20 Å². The molecule has 1 saturated carbocycles. The summed E-state index contributed by atoms with van der Waals surface area (Å²) in [5.41, 5.74) is 0.885. The van der Waals surface area contributed by atoms with Gasteiger partial charge in [-0.1, -0.05) is 11.6 Å². The zero-order chi connectivity index (χ0) is 12.6. The third kappa shape index (κ3) is 2.15. The number of aromatic nitrogens is 1. The van der Waals surface area contributed by atoms with Gasteiger partial charge >= 0.3 is 5.69 Å². The molecule has 1 aliphatic carbocycles. The molecule has 1 fully saturated rings. The largest absolute Gasteiger partial charge is 0.306 e. The number of carbonyl (C=O) groups is 1. The number of rotatable bonds is 4. The number of nitrogens with zero attached hydrogens (tertiary/aromatic N) is 2. The number of hydrogen-bond acceptors (Lipinski definition) is 4. The highest BCUT2D eigenvalue weighted by Gasteiger charge is 2.35. The van der Waals surface area contributed by atoms with Gasteiger partial charge in [-0.05, 0) is 31.2 Å². The zero-order valence-corrected chi connectivity index (χ0v) is 9.98. The maximum atomic E-state index is 11.1. The third-order valence-corrected chi connectivity index (χ3v) is 3.53. The number of hydrogen-bond donors (Lipinski definition) is 0. The summed E-state index contributed by atoms with van der Waals surface area (Å²) in [6, 6.07) is 0. The topological polar surface area (TPSA) is 73.1 Å². The molecule has 1 atom stereocenters. The normalized spacial score (nSPS) is 16.6. The van der Waals surface area contributed by atoms with Gasteiger partial charge in [0.15, 0.2) is 0 Å². The van der Waals surface area contributed by atoms with E-state index in [-0.39, 0.29) is 16.6 Å². The van der Waals surface area contributed by atoms with Gasteiger partial charge in [-0.25, -0.2) is 0 Å². The number of carbonyl (C=O) groups excluding carboxylic acids is 1. The van der Waals surface area contributed by atoms with Crippen LogP contribution in [0.1, 0.15) is 30.0 Å². The van der Waals surface area contributed by atoms with Gasteiger partial charge in [0.2, 0.25) is 0 Å². The fourth-order valence-electron chi connectivity index (χ4n) is 1.91. The van der Waals surface area contributed by atoms with Crippen LogP contribution in [-0.2, 0) is 4.79 Å². The molecule has 1 aromatic rings. The molecule has 0 bridgehead atoms. The molecule has 2 rings (SSSR count). The standard InChI is InChI=1S/C11H11ClN2O3/c1-6-10(12)9(14(16)17)4-13-11(6)8(5-15)7-2-3-7/h4-5,7-8H,2-3H2,1H3. The van der Waals surface area contributed by atoms with Crippen molar-refractivity contribution in [3.05, 3.63) is 32.6 Å². The molecule has 1 aliphatic rings. The maximum Gasteiger partial charge on any atom is 0.306 e. The first-order valence-corrected chi connectivity index (χ1v) is 5.68. The van der Waals surface area contributed by atoms with Crippen LogP contribution in [-0.4, -0.2) is 16.2 Å². The number of pyridine rings is 1. The van der Waals surface area contributed by atoms with Crippen molar-refractivity contribution in [1.82, 2.24) is 4.98 Å². The highest BCUT2D eigenvalue weighted by Crippen LogP contribution is 2.43. The van der Waals surface area contributed by atoms with E-state index in [9.17, 15) is 14.9 Å². The van der Waals surface area contributed by atoms with Gasteiger partial charge < -0.3 is 4.79 Å². The molecule has 0 aliphatic heterocycles. The quantitative estimate of drug-likeness (QED) is 0.470. The summed E-state index contributed by atoms with van der Waals surface area (Å²) in [6.07, 6.45) is 3.98. The van der Waals surface area contributed by atoms with Crippen LogP contribution in [0.4, 0.5) is 5.69 Å². The van der Waals surface area contributed by atoms with Gasteiger partial charge in [-0.15, -0.1) is 0 Å². The summed E-state index contributed by atoms with van der Waals surface area (Å²) in [5.74, 6) is 0.0320. The predicted molar refractivity (Wildman–Crippen MR) is 62.2 cm³/mol. The molecule has 6 heteroatoms. The lowest BCUT2D eigenvalue weighted by Crippen LogP contribution is -2.08. The molecule has 1 unspecified atom stereocenters. The Morgan fingerprint density at radius 3 is 2.76 bits per heavy atom. The van der Waals surface area contributed by atoms with Crippen molar-refractivity contribution in [3.63, 3.8) is 0 Å². The Balaban J connectivity index is 2.45. The van der Waals surface area contributed by atoms with Gasteiger partial charge in [0.25, 0.3) is 0 Å². The lowest BCUT2D eigenvalue weighted by atomic mass is 9.97. The van der Waals surface area contributed by atoms with E-state index in [2.05, 4.69) is 4.98 Å². The highest BCUT2D eigenvalue weighted by molar-refractivity contribution is 6.33. The first kappa shape index (κ1) is 12.0. The Bertz CT molecular complexity index is 486. The second kappa shape index (κ2) is 4.41. The van der Waals surface area contributed by atoms with E-state index in [1.165, 1.54) is 0 Å². The van der Waals surface area contributed by atoms with Crippen molar-refractivity contribution < 1.29 is 9.72 Å². The number of aldehydes is 1. The molecule has 90 valence electrons. The van der Waals surface area contributed by atoms with Crippen molar-refractivity contribution in [2.75, 3.05) is 0 Å². The van der Waals surface area contributed by atoms with Crippen LogP contribution in [0.2, 0.25) is 5.02 Å². The molecule has 0 N–H and O–H groups in total.